The Hall–Kier alpha value is -1.05. The van der Waals surface area contributed by atoms with E-state index in [1.807, 2.05) is 42.2 Å². The van der Waals surface area contributed by atoms with E-state index >= 15 is 0 Å². The van der Waals surface area contributed by atoms with E-state index in [9.17, 15) is 4.79 Å². The molecule has 4 nitrogen and oxygen atoms in total. The average Bonchev–Trinajstić information content (AvgIpc) is 2.99. The summed E-state index contributed by atoms with van der Waals surface area (Å²) in [6, 6.07) is 10.1. The van der Waals surface area contributed by atoms with Gasteiger partial charge in [0.1, 0.15) is 0 Å². The first-order valence-corrected chi connectivity index (χ1v) is 9.92. The molecular formula is C15H19N3OS3. The van der Waals surface area contributed by atoms with Crippen LogP contribution < -0.4 is 0 Å². The normalized spacial score (nSPS) is 10.6. The lowest BCUT2D eigenvalue weighted by Crippen LogP contribution is -2.31. The van der Waals surface area contributed by atoms with Gasteiger partial charge in [-0.15, -0.1) is 10.2 Å². The van der Waals surface area contributed by atoms with Gasteiger partial charge in [0.05, 0.1) is 5.75 Å². The van der Waals surface area contributed by atoms with E-state index in [4.69, 9.17) is 0 Å². The van der Waals surface area contributed by atoms with Crippen LogP contribution in [-0.2, 0) is 11.3 Å². The summed E-state index contributed by atoms with van der Waals surface area (Å²) in [6.45, 7) is 5.46. The number of amides is 1. The van der Waals surface area contributed by atoms with Crippen molar-refractivity contribution in [2.45, 2.75) is 29.1 Å². The van der Waals surface area contributed by atoms with Gasteiger partial charge in [-0.05, 0) is 18.2 Å². The quantitative estimate of drug-likeness (QED) is 0.676. The highest BCUT2D eigenvalue weighted by Crippen LogP contribution is 2.28. The van der Waals surface area contributed by atoms with Crippen molar-refractivity contribution in [3.8, 4) is 0 Å². The molecule has 22 heavy (non-hydrogen) atoms. The van der Waals surface area contributed by atoms with Crippen molar-refractivity contribution in [2.75, 3.05) is 18.1 Å². The molecule has 118 valence electrons. The minimum absolute atomic E-state index is 0.135. The van der Waals surface area contributed by atoms with Crippen LogP contribution in [-0.4, -0.2) is 39.1 Å². The standard InChI is InChI=1S/C15H19N3OS3/c1-3-18(10-12-8-6-5-7-9-12)13(19)11-21-15-17-16-14(22-15)20-4-2/h5-9H,3-4,10-11H2,1-2H3. The number of carbonyl (C=O) groups excluding carboxylic acids is 1. The molecule has 2 rings (SSSR count). The second kappa shape index (κ2) is 9.17. The lowest BCUT2D eigenvalue weighted by atomic mass is 10.2. The number of hydrogen-bond donors (Lipinski definition) is 0. The van der Waals surface area contributed by atoms with Crippen LogP contribution in [0.25, 0.3) is 0 Å². The van der Waals surface area contributed by atoms with Gasteiger partial charge in [-0.1, -0.05) is 72.1 Å². The molecule has 0 spiro atoms. The lowest BCUT2D eigenvalue weighted by Gasteiger charge is -2.20. The second-order valence-corrected chi connectivity index (χ2v) is 8.16. The summed E-state index contributed by atoms with van der Waals surface area (Å²) in [4.78, 5) is 14.2. The number of thioether (sulfide) groups is 2. The Bertz CT molecular complexity index is 589. The predicted octanol–water partition coefficient (Wildman–Crippen LogP) is 3.79. The molecule has 0 aliphatic carbocycles. The molecule has 1 heterocycles. The first-order chi connectivity index (χ1) is 10.7. The van der Waals surface area contributed by atoms with Crippen LogP contribution in [0.4, 0.5) is 0 Å². The van der Waals surface area contributed by atoms with E-state index in [1.54, 1.807) is 23.1 Å². The van der Waals surface area contributed by atoms with Crippen LogP contribution in [0, 0.1) is 0 Å². The van der Waals surface area contributed by atoms with Gasteiger partial charge < -0.3 is 4.90 Å². The zero-order valence-electron chi connectivity index (χ0n) is 12.7. The van der Waals surface area contributed by atoms with Crippen LogP contribution in [0.1, 0.15) is 19.4 Å². The summed E-state index contributed by atoms with van der Waals surface area (Å²) in [5, 5.41) is 8.22. The minimum Gasteiger partial charge on any atom is -0.338 e. The highest BCUT2D eigenvalue weighted by molar-refractivity contribution is 8.03. The third-order valence-electron chi connectivity index (χ3n) is 2.93. The summed E-state index contributed by atoms with van der Waals surface area (Å²) < 4.78 is 1.83. The first kappa shape index (κ1) is 17.3. The van der Waals surface area contributed by atoms with Crippen molar-refractivity contribution in [1.29, 1.82) is 0 Å². The molecule has 0 unspecified atom stereocenters. The maximum atomic E-state index is 12.3. The van der Waals surface area contributed by atoms with Gasteiger partial charge in [0, 0.05) is 13.1 Å². The van der Waals surface area contributed by atoms with Gasteiger partial charge in [0.15, 0.2) is 8.68 Å². The third-order valence-corrected chi connectivity index (χ3v) is 5.98. The Morgan fingerprint density at radius 1 is 1.14 bits per heavy atom. The minimum atomic E-state index is 0.135. The molecule has 0 saturated heterocycles. The van der Waals surface area contributed by atoms with E-state index in [0.29, 0.717) is 18.8 Å². The van der Waals surface area contributed by atoms with Crippen LogP contribution in [0.15, 0.2) is 39.0 Å². The highest BCUT2D eigenvalue weighted by atomic mass is 32.2. The number of aromatic nitrogens is 2. The second-order valence-electron chi connectivity index (χ2n) is 4.45. The molecular weight excluding hydrogens is 334 g/mol. The van der Waals surface area contributed by atoms with Crippen molar-refractivity contribution in [3.05, 3.63) is 35.9 Å². The number of benzene rings is 1. The summed E-state index contributed by atoms with van der Waals surface area (Å²) in [5.41, 5.74) is 1.15. The molecule has 1 aromatic carbocycles. The Morgan fingerprint density at radius 3 is 2.45 bits per heavy atom. The largest absolute Gasteiger partial charge is 0.338 e. The summed E-state index contributed by atoms with van der Waals surface area (Å²) in [5.74, 6) is 1.53. The van der Waals surface area contributed by atoms with Crippen LogP contribution >= 0.6 is 34.9 Å². The lowest BCUT2D eigenvalue weighted by molar-refractivity contribution is -0.128. The van der Waals surface area contributed by atoms with Gasteiger partial charge in [0.25, 0.3) is 0 Å². The van der Waals surface area contributed by atoms with Crippen molar-refractivity contribution in [2.24, 2.45) is 0 Å². The summed E-state index contributed by atoms with van der Waals surface area (Å²) >= 11 is 4.70. The van der Waals surface area contributed by atoms with Gasteiger partial charge in [-0.25, -0.2) is 0 Å². The molecule has 0 fully saturated rings. The Kier molecular flexibility index (Phi) is 7.21. The Balaban J connectivity index is 1.86. The van der Waals surface area contributed by atoms with Crippen molar-refractivity contribution < 1.29 is 4.79 Å². The molecule has 0 radical (unpaired) electrons. The molecule has 0 bridgehead atoms. The topological polar surface area (TPSA) is 46.1 Å². The first-order valence-electron chi connectivity index (χ1n) is 7.13. The van der Waals surface area contributed by atoms with Gasteiger partial charge in [0.2, 0.25) is 5.91 Å². The van der Waals surface area contributed by atoms with E-state index in [-0.39, 0.29) is 5.91 Å². The molecule has 0 saturated carbocycles. The molecule has 1 amide bonds. The Labute approximate surface area is 143 Å². The van der Waals surface area contributed by atoms with Gasteiger partial charge >= 0.3 is 0 Å². The van der Waals surface area contributed by atoms with E-state index in [0.717, 1.165) is 20.0 Å². The fourth-order valence-corrected chi connectivity index (χ4v) is 4.65. The molecule has 1 aromatic heterocycles. The number of hydrogen-bond acceptors (Lipinski definition) is 6. The fourth-order valence-electron chi connectivity index (χ4n) is 1.83. The van der Waals surface area contributed by atoms with E-state index < -0.39 is 0 Å². The van der Waals surface area contributed by atoms with Gasteiger partial charge in [-0.3, -0.25) is 4.79 Å². The van der Waals surface area contributed by atoms with Crippen molar-refractivity contribution in [3.63, 3.8) is 0 Å². The monoisotopic (exact) mass is 353 g/mol. The molecule has 7 heteroatoms. The predicted molar refractivity (Wildman–Crippen MR) is 94.6 cm³/mol. The summed E-state index contributed by atoms with van der Waals surface area (Å²) in [7, 11) is 0. The number of carbonyl (C=O) groups is 1. The van der Waals surface area contributed by atoms with Crippen LogP contribution in [0.5, 0.6) is 0 Å². The zero-order chi connectivity index (χ0) is 15.8. The molecule has 0 aliphatic heterocycles. The maximum Gasteiger partial charge on any atom is 0.233 e. The fraction of sp³-hybridized carbons (Fsp3) is 0.400. The number of rotatable bonds is 8. The Morgan fingerprint density at radius 2 is 1.82 bits per heavy atom. The number of nitrogens with zero attached hydrogens (tertiary/aromatic N) is 3. The molecule has 2 aromatic rings. The molecule has 0 N–H and O–H groups in total. The van der Waals surface area contributed by atoms with Crippen molar-refractivity contribution >= 4 is 40.8 Å². The van der Waals surface area contributed by atoms with Gasteiger partial charge in [-0.2, -0.15) is 0 Å². The van der Waals surface area contributed by atoms with Crippen LogP contribution in [0.3, 0.4) is 0 Å². The zero-order valence-corrected chi connectivity index (χ0v) is 15.1. The summed E-state index contributed by atoms with van der Waals surface area (Å²) in [6.07, 6.45) is 0. The van der Waals surface area contributed by atoms with E-state index in [1.165, 1.54) is 11.8 Å². The van der Waals surface area contributed by atoms with E-state index in [2.05, 4.69) is 17.1 Å². The molecule has 0 aliphatic rings. The van der Waals surface area contributed by atoms with Crippen LogP contribution in [0.2, 0.25) is 0 Å². The highest BCUT2D eigenvalue weighted by Gasteiger charge is 2.14. The van der Waals surface area contributed by atoms with Crippen molar-refractivity contribution in [1.82, 2.24) is 15.1 Å². The SMILES string of the molecule is CCSc1nnc(SCC(=O)N(CC)Cc2ccccc2)s1. The average molecular weight is 354 g/mol. The maximum absolute atomic E-state index is 12.3. The molecule has 0 atom stereocenters. The smallest absolute Gasteiger partial charge is 0.233 e. The third kappa shape index (κ3) is 5.30.